The minimum Gasteiger partial charge on any atom is -0.504 e. The van der Waals surface area contributed by atoms with E-state index >= 15 is 0 Å². The van der Waals surface area contributed by atoms with Gasteiger partial charge in [0, 0.05) is 13.1 Å². The van der Waals surface area contributed by atoms with Gasteiger partial charge in [0.2, 0.25) is 5.91 Å². The SMILES string of the molecule is COC=Nc1cc(N=Nc2snc3nc(SC)ncc23)cc(NC(C)=O)c1O. The molecule has 0 aliphatic carbocycles. The van der Waals surface area contributed by atoms with Gasteiger partial charge < -0.3 is 15.2 Å². The van der Waals surface area contributed by atoms with Gasteiger partial charge in [0.25, 0.3) is 0 Å². The molecule has 0 aliphatic rings. The number of fused-ring (bicyclic) bond motifs is 1. The van der Waals surface area contributed by atoms with Crippen molar-refractivity contribution in [1.82, 2.24) is 14.3 Å². The maximum absolute atomic E-state index is 11.4. The van der Waals surface area contributed by atoms with Crippen LogP contribution in [0.1, 0.15) is 6.92 Å². The van der Waals surface area contributed by atoms with Crippen molar-refractivity contribution in [2.75, 3.05) is 18.7 Å². The number of rotatable bonds is 6. The fourth-order valence-corrected chi connectivity index (χ4v) is 3.11. The molecule has 28 heavy (non-hydrogen) atoms. The fourth-order valence-electron chi connectivity index (χ4n) is 2.14. The number of nitrogens with zero attached hydrogens (tertiary/aromatic N) is 6. The molecular weight excluding hydrogens is 402 g/mol. The molecule has 0 unspecified atom stereocenters. The number of benzene rings is 1. The van der Waals surface area contributed by atoms with Gasteiger partial charge in [-0.25, -0.2) is 15.0 Å². The van der Waals surface area contributed by atoms with Crippen LogP contribution in [0.3, 0.4) is 0 Å². The average Bonchev–Trinajstić information content (AvgIpc) is 3.09. The zero-order valence-corrected chi connectivity index (χ0v) is 16.7. The monoisotopic (exact) mass is 417 g/mol. The van der Waals surface area contributed by atoms with Crippen LogP contribution >= 0.6 is 23.3 Å². The molecule has 12 heteroatoms. The number of aliphatic imine (C=N–C) groups is 1. The molecule has 0 spiro atoms. The molecule has 0 atom stereocenters. The largest absolute Gasteiger partial charge is 0.504 e. The molecule has 0 radical (unpaired) electrons. The van der Waals surface area contributed by atoms with Gasteiger partial charge in [0.1, 0.15) is 5.69 Å². The van der Waals surface area contributed by atoms with E-state index in [0.717, 1.165) is 17.9 Å². The number of hydrogen-bond donors (Lipinski definition) is 2. The number of aromatic nitrogens is 3. The molecule has 0 bridgehead atoms. The molecule has 3 rings (SSSR count). The van der Waals surface area contributed by atoms with Crippen molar-refractivity contribution in [3.05, 3.63) is 18.3 Å². The molecular formula is C16H15N7O3S2. The third kappa shape index (κ3) is 4.40. The number of aromatic hydroxyl groups is 1. The quantitative estimate of drug-likeness (QED) is 0.153. The summed E-state index contributed by atoms with van der Waals surface area (Å²) in [5.41, 5.74) is 1.25. The van der Waals surface area contributed by atoms with Gasteiger partial charge in [-0.3, -0.25) is 4.79 Å². The normalized spacial score (nSPS) is 11.5. The van der Waals surface area contributed by atoms with Gasteiger partial charge in [0.15, 0.2) is 28.0 Å². The van der Waals surface area contributed by atoms with Crippen LogP contribution in [0.2, 0.25) is 0 Å². The second-order valence-electron chi connectivity index (χ2n) is 5.29. The van der Waals surface area contributed by atoms with Crippen LogP contribution in [0, 0.1) is 0 Å². The van der Waals surface area contributed by atoms with Crippen molar-refractivity contribution >= 4 is 68.7 Å². The summed E-state index contributed by atoms with van der Waals surface area (Å²) in [5.74, 6) is -0.551. The summed E-state index contributed by atoms with van der Waals surface area (Å²) in [7, 11) is 1.43. The number of thioether (sulfide) groups is 1. The van der Waals surface area contributed by atoms with Gasteiger partial charge in [-0.05, 0) is 29.9 Å². The zero-order valence-electron chi connectivity index (χ0n) is 15.1. The predicted molar refractivity (Wildman–Crippen MR) is 109 cm³/mol. The lowest BCUT2D eigenvalue weighted by Crippen LogP contribution is -2.05. The number of azo groups is 1. The topological polar surface area (TPSA) is 134 Å². The minimum absolute atomic E-state index is 0.161. The first-order chi connectivity index (χ1) is 13.5. The molecule has 10 nitrogen and oxygen atoms in total. The zero-order chi connectivity index (χ0) is 20.1. The highest BCUT2D eigenvalue weighted by Crippen LogP contribution is 2.39. The number of carbonyl (C=O) groups excluding carboxylic acids is 1. The Morgan fingerprint density at radius 2 is 2.21 bits per heavy atom. The number of methoxy groups -OCH3 is 1. The number of carbonyl (C=O) groups is 1. The van der Waals surface area contributed by atoms with Gasteiger partial charge in [-0.1, -0.05) is 11.8 Å². The van der Waals surface area contributed by atoms with Crippen molar-refractivity contribution in [3.63, 3.8) is 0 Å². The Morgan fingerprint density at radius 3 is 2.93 bits per heavy atom. The van der Waals surface area contributed by atoms with E-state index < -0.39 is 0 Å². The number of nitrogens with one attached hydrogen (secondary N) is 1. The smallest absolute Gasteiger partial charge is 0.221 e. The Hall–Kier alpha value is -3.12. The van der Waals surface area contributed by atoms with E-state index in [2.05, 4.69) is 34.9 Å². The summed E-state index contributed by atoms with van der Waals surface area (Å²) in [6.45, 7) is 1.33. The average molecular weight is 417 g/mol. The van der Waals surface area contributed by atoms with Crippen LogP contribution < -0.4 is 5.32 Å². The van der Waals surface area contributed by atoms with E-state index in [1.54, 1.807) is 6.20 Å². The van der Waals surface area contributed by atoms with E-state index in [9.17, 15) is 9.90 Å². The van der Waals surface area contributed by atoms with Crippen molar-refractivity contribution in [1.29, 1.82) is 0 Å². The maximum Gasteiger partial charge on any atom is 0.221 e. The van der Waals surface area contributed by atoms with Gasteiger partial charge in [0.05, 0.1) is 23.9 Å². The molecule has 0 saturated carbocycles. The molecule has 2 heterocycles. The first-order valence-electron chi connectivity index (χ1n) is 7.80. The molecule has 3 aromatic rings. The summed E-state index contributed by atoms with van der Waals surface area (Å²) < 4.78 is 9.04. The van der Waals surface area contributed by atoms with E-state index in [1.165, 1.54) is 37.9 Å². The van der Waals surface area contributed by atoms with E-state index in [-0.39, 0.29) is 23.0 Å². The number of phenols is 1. The third-order valence-corrected chi connectivity index (χ3v) is 4.62. The summed E-state index contributed by atoms with van der Waals surface area (Å²) in [6, 6.07) is 2.99. The van der Waals surface area contributed by atoms with E-state index in [4.69, 9.17) is 4.74 Å². The van der Waals surface area contributed by atoms with Crippen molar-refractivity contribution in [3.8, 4) is 5.75 Å². The van der Waals surface area contributed by atoms with E-state index in [1.807, 2.05) is 6.26 Å². The van der Waals surface area contributed by atoms with Crippen LogP contribution in [0.15, 0.2) is 38.7 Å². The summed E-state index contributed by atoms with van der Waals surface area (Å²) in [4.78, 5) is 23.9. The first kappa shape index (κ1) is 19.6. The van der Waals surface area contributed by atoms with Crippen molar-refractivity contribution in [2.24, 2.45) is 15.2 Å². The highest BCUT2D eigenvalue weighted by molar-refractivity contribution is 7.98. The van der Waals surface area contributed by atoms with Crippen LogP contribution in [0.5, 0.6) is 5.75 Å². The van der Waals surface area contributed by atoms with Crippen molar-refractivity contribution < 1.29 is 14.6 Å². The van der Waals surface area contributed by atoms with Crippen LogP contribution in [0.4, 0.5) is 22.1 Å². The Morgan fingerprint density at radius 1 is 1.39 bits per heavy atom. The lowest BCUT2D eigenvalue weighted by atomic mass is 10.2. The molecule has 144 valence electrons. The number of amides is 1. The fraction of sp³-hybridized carbons (Fsp3) is 0.188. The number of anilines is 1. The molecule has 2 aromatic heterocycles. The van der Waals surface area contributed by atoms with Gasteiger partial charge >= 0.3 is 0 Å². The molecule has 2 N–H and O–H groups in total. The minimum atomic E-state index is -0.346. The van der Waals surface area contributed by atoms with E-state index in [0.29, 0.717) is 26.9 Å². The van der Waals surface area contributed by atoms with Crippen molar-refractivity contribution in [2.45, 2.75) is 12.1 Å². The maximum atomic E-state index is 11.4. The highest BCUT2D eigenvalue weighted by Gasteiger charge is 2.12. The van der Waals surface area contributed by atoms with Crippen LogP contribution in [-0.4, -0.2) is 45.1 Å². The van der Waals surface area contributed by atoms with Crippen LogP contribution in [-0.2, 0) is 9.53 Å². The molecule has 1 amide bonds. The number of phenolic OH excluding ortho intramolecular Hbond substituents is 1. The Bertz CT molecular complexity index is 1080. The number of ether oxygens (including phenoxy) is 1. The molecule has 1 aromatic carbocycles. The lowest BCUT2D eigenvalue weighted by Gasteiger charge is -2.08. The summed E-state index contributed by atoms with van der Waals surface area (Å²) in [5, 5.41) is 23.0. The highest BCUT2D eigenvalue weighted by atomic mass is 32.2. The first-order valence-corrected chi connectivity index (χ1v) is 9.79. The number of hydrogen-bond acceptors (Lipinski definition) is 11. The molecule has 0 saturated heterocycles. The second kappa shape index (κ2) is 8.71. The lowest BCUT2D eigenvalue weighted by molar-refractivity contribution is -0.114. The van der Waals surface area contributed by atoms with Crippen LogP contribution in [0.25, 0.3) is 11.0 Å². The molecule has 0 aliphatic heterocycles. The summed E-state index contributed by atoms with van der Waals surface area (Å²) in [6.07, 6.45) is 4.69. The Balaban J connectivity index is 1.98. The second-order valence-corrected chi connectivity index (χ2v) is 6.82. The Kier molecular flexibility index (Phi) is 6.11. The van der Waals surface area contributed by atoms with Gasteiger partial charge in [-0.15, -0.1) is 10.2 Å². The van der Waals surface area contributed by atoms with Gasteiger partial charge in [-0.2, -0.15) is 4.37 Å². The third-order valence-electron chi connectivity index (χ3n) is 3.32. The summed E-state index contributed by atoms with van der Waals surface area (Å²) >= 11 is 2.57. The molecule has 0 fully saturated rings. The predicted octanol–water partition coefficient (Wildman–Crippen LogP) is 4.19. The Labute approximate surface area is 168 Å². The standard InChI is InChI=1S/C16H15N7O3S2/c1-8(24)19-12-5-9(4-11(13(12)25)18-7-26-2)21-22-15-10-6-17-16(27-3)20-14(10)23-28-15/h4-7,25H,1-3H3,(H,19,24).